The molecule has 0 aliphatic heterocycles. The molecule has 1 heterocycles. The standard InChI is InChI=1S/C13H23N3O2/c1-3-17-8-11(14)12-15-13(18-16-12)10-6-4-9(2)5-7-10/h9-11H,3-8,14H2,1-2H3. The highest BCUT2D eigenvalue weighted by Crippen LogP contribution is 2.34. The van der Waals surface area contributed by atoms with Crippen LogP contribution < -0.4 is 5.73 Å². The fourth-order valence-corrected chi connectivity index (χ4v) is 2.39. The summed E-state index contributed by atoms with van der Waals surface area (Å²) in [6.07, 6.45) is 4.77. The average Bonchev–Trinajstić information content (AvgIpc) is 2.86. The van der Waals surface area contributed by atoms with Crippen molar-refractivity contribution in [2.75, 3.05) is 13.2 Å². The van der Waals surface area contributed by atoms with E-state index in [2.05, 4.69) is 17.1 Å². The summed E-state index contributed by atoms with van der Waals surface area (Å²) in [5, 5.41) is 3.97. The number of hydrogen-bond donors (Lipinski definition) is 1. The molecule has 0 saturated heterocycles. The first-order valence-electron chi connectivity index (χ1n) is 6.87. The molecule has 1 unspecified atom stereocenters. The van der Waals surface area contributed by atoms with Gasteiger partial charge in [-0.05, 0) is 38.5 Å². The van der Waals surface area contributed by atoms with Crippen molar-refractivity contribution in [3.8, 4) is 0 Å². The van der Waals surface area contributed by atoms with Gasteiger partial charge >= 0.3 is 0 Å². The van der Waals surface area contributed by atoms with E-state index in [1.807, 2.05) is 6.92 Å². The van der Waals surface area contributed by atoms with Crippen LogP contribution in [0, 0.1) is 5.92 Å². The molecule has 5 heteroatoms. The van der Waals surface area contributed by atoms with Crippen LogP contribution in [0.4, 0.5) is 0 Å². The Morgan fingerprint density at radius 2 is 2.11 bits per heavy atom. The Kier molecular flexibility index (Phi) is 4.72. The molecule has 1 atom stereocenters. The van der Waals surface area contributed by atoms with Gasteiger partial charge in [-0.25, -0.2) is 0 Å². The van der Waals surface area contributed by atoms with Crippen molar-refractivity contribution in [2.24, 2.45) is 11.7 Å². The second-order valence-electron chi connectivity index (χ2n) is 5.21. The van der Waals surface area contributed by atoms with Gasteiger partial charge < -0.3 is 15.0 Å². The maximum atomic E-state index is 5.94. The minimum Gasteiger partial charge on any atom is -0.380 e. The highest BCUT2D eigenvalue weighted by molar-refractivity contribution is 4.99. The van der Waals surface area contributed by atoms with Gasteiger partial charge in [0.15, 0.2) is 5.82 Å². The third kappa shape index (κ3) is 3.29. The Hall–Kier alpha value is -0.940. The van der Waals surface area contributed by atoms with Gasteiger partial charge in [-0.2, -0.15) is 4.98 Å². The normalized spacial score (nSPS) is 26.2. The minimum atomic E-state index is -0.287. The zero-order valence-corrected chi connectivity index (χ0v) is 11.3. The monoisotopic (exact) mass is 253 g/mol. The molecule has 18 heavy (non-hydrogen) atoms. The molecule has 1 aliphatic carbocycles. The zero-order valence-electron chi connectivity index (χ0n) is 11.3. The van der Waals surface area contributed by atoms with Crippen molar-refractivity contribution < 1.29 is 9.26 Å². The van der Waals surface area contributed by atoms with Crippen molar-refractivity contribution in [1.82, 2.24) is 10.1 Å². The van der Waals surface area contributed by atoms with Crippen molar-refractivity contribution in [2.45, 2.75) is 51.5 Å². The molecule has 1 aromatic rings. The van der Waals surface area contributed by atoms with Gasteiger partial charge in [-0.15, -0.1) is 0 Å². The molecule has 0 radical (unpaired) electrons. The summed E-state index contributed by atoms with van der Waals surface area (Å²) in [6.45, 7) is 5.33. The summed E-state index contributed by atoms with van der Waals surface area (Å²) in [5.74, 6) is 2.56. The molecule has 0 bridgehead atoms. The van der Waals surface area contributed by atoms with E-state index in [4.69, 9.17) is 15.0 Å². The maximum Gasteiger partial charge on any atom is 0.229 e. The summed E-state index contributed by atoms with van der Waals surface area (Å²) in [5.41, 5.74) is 5.94. The van der Waals surface area contributed by atoms with Crippen LogP contribution in [0.2, 0.25) is 0 Å². The molecular weight excluding hydrogens is 230 g/mol. The van der Waals surface area contributed by atoms with Crippen LogP contribution in [0.15, 0.2) is 4.52 Å². The van der Waals surface area contributed by atoms with E-state index in [9.17, 15) is 0 Å². The van der Waals surface area contributed by atoms with Gasteiger partial charge in [0.05, 0.1) is 12.6 Å². The van der Waals surface area contributed by atoms with Crippen molar-refractivity contribution in [1.29, 1.82) is 0 Å². The lowest BCUT2D eigenvalue weighted by atomic mass is 9.83. The molecule has 1 aliphatic rings. The fraction of sp³-hybridized carbons (Fsp3) is 0.846. The van der Waals surface area contributed by atoms with E-state index >= 15 is 0 Å². The molecule has 0 amide bonds. The third-order valence-electron chi connectivity index (χ3n) is 3.66. The highest BCUT2D eigenvalue weighted by atomic mass is 16.5. The van der Waals surface area contributed by atoms with Crippen LogP contribution in [0.25, 0.3) is 0 Å². The predicted molar refractivity (Wildman–Crippen MR) is 68.1 cm³/mol. The van der Waals surface area contributed by atoms with E-state index in [1.165, 1.54) is 12.8 Å². The SMILES string of the molecule is CCOCC(N)c1noc(C2CCC(C)CC2)n1. The molecular formula is C13H23N3O2. The van der Waals surface area contributed by atoms with Crippen molar-refractivity contribution >= 4 is 0 Å². The summed E-state index contributed by atoms with van der Waals surface area (Å²) in [6, 6.07) is -0.287. The lowest BCUT2D eigenvalue weighted by molar-refractivity contribution is 0.130. The smallest absolute Gasteiger partial charge is 0.229 e. The van der Waals surface area contributed by atoms with Crippen LogP contribution >= 0.6 is 0 Å². The highest BCUT2D eigenvalue weighted by Gasteiger charge is 2.25. The van der Waals surface area contributed by atoms with Crippen LogP contribution in [-0.4, -0.2) is 23.4 Å². The van der Waals surface area contributed by atoms with E-state index in [0.717, 1.165) is 24.7 Å². The van der Waals surface area contributed by atoms with Crippen molar-refractivity contribution in [3.63, 3.8) is 0 Å². The second-order valence-corrected chi connectivity index (χ2v) is 5.21. The molecule has 2 rings (SSSR count). The third-order valence-corrected chi connectivity index (χ3v) is 3.66. The van der Waals surface area contributed by atoms with Gasteiger partial charge in [-0.3, -0.25) is 0 Å². The van der Waals surface area contributed by atoms with E-state index in [1.54, 1.807) is 0 Å². The van der Waals surface area contributed by atoms with Gasteiger partial charge in [0.2, 0.25) is 5.89 Å². The summed E-state index contributed by atoms with van der Waals surface area (Å²) < 4.78 is 10.6. The molecule has 0 aromatic carbocycles. The number of ether oxygens (including phenoxy) is 1. The molecule has 1 fully saturated rings. The maximum absolute atomic E-state index is 5.94. The summed E-state index contributed by atoms with van der Waals surface area (Å²) in [4.78, 5) is 4.43. The van der Waals surface area contributed by atoms with Gasteiger partial charge in [0.1, 0.15) is 0 Å². The fourth-order valence-electron chi connectivity index (χ4n) is 2.39. The van der Waals surface area contributed by atoms with Crippen molar-refractivity contribution in [3.05, 3.63) is 11.7 Å². The Labute approximate surface area is 108 Å². The first-order valence-corrected chi connectivity index (χ1v) is 6.87. The van der Waals surface area contributed by atoms with Gasteiger partial charge in [0, 0.05) is 12.5 Å². The lowest BCUT2D eigenvalue weighted by Crippen LogP contribution is -2.19. The van der Waals surface area contributed by atoms with E-state index in [0.29, 0.717) is 25.0 Å². The second kappa shape index (κ2) is 6.29. The number of hydrogen-bond acceptors (Lipinski definition) is 5. The van der Waals surface area contributed by atoms with Gasteiger partial charge in [-0.1, -0.05) is 12.1 Å². The minimum absolute atomic E-state index is 0.287. The lowest BCUT2D eigenvalue weighted by Gasteiger charge is -2.23. The Bertz CT molecular complexity index is 359. The molecule has 2 N–H and O–H groups in total. The first-order chi connectivity index (χ1) is 8.70. The molecule has 102 valence electrons. The molecule has 1 aromatic heterocycles. The van der Waals surface area contributed by atoms with Crippen LogP contribution in [0.5, 0.6) is 0 Å². The quantitative estimate of drug-likeness (QED) is 0.872. The number of aromatic nitrogens is 2. The average molecular weight is 253 g/mol. The topological polar surface area (TPSA) is 74.2 Å². The molecule has 0 spiro atoms. The Morgan fingerprint density at radius 3 is 2.78 bits per heavy atom. The Morgan fingerprint density at radius 1 is 1.39 bits per heavy atom. The predicted octanol–water partition coefficient (Wildman–Crippen LogP) is 2.40. The van der Waals surface area contributed by atoms with E-state index in [-0.39, 0.29) is 6.04 Å². The first kappa shape index (κ1) is 13.5. The molecule has 5 nitrogen and oxygen atoms in total. The number of nitrogens with zero attached hydrogens (tertiary/aromatic N) is 2. The van der Waals surface area contributed by atoms with Crippen LogP contribution in [0.1, 0.15) is 63.2 Å². The van der Waals surface area contributed by atoms with Gasteiger partial charge in [0.25, 0.3) is 0 Å². The zero-order chi connectivity index (χ0) is 13.0. The largest absolute Gasteiger partial charge is 0.380 e. The molecule has 1 saturated carbocycles. The summed E-state index contributed by atoms with van der Waals surface area (Å²) in [7, 11) is 0. The number of rotatable bonds is 5. The van der Waals surface area contributed by atoms with E-state index < -0.39 is 0 Å². The summed E-state index contributed by atoms with van der Waals surface area (Å²) >= 11 is 0. The number of nitrogens with two attached hydrogens (primary N) is 1. The Balaban J connectivity index is 1.93. The van der Waals surface area contributed by atoms with Crippen LogP contribution in [-0.2, 0) is 4.74 Å². The van der Waals surface area contributed by atoms with Crippen LogP contribution in [0.3, 0.4) is 0 Å².